The van der Waals surface area contributed by atoms with Gasteiger partial charge in [-0.25, -0.2) is 4.39 Å². The average Bonchev–Trinajstić information content (AvgIpc) is 2.09. The zero-order valence-electron chi connectivity index (χ0n) is 7.11. The smallest absolute Gasteiger partial charge is 0.318 e. The van der Waals surface area contributed by atoms with E-state index in [1.807, 2.05) is 0 Å². The third kappa shape index (κ3) is 2.49. The van der Waals surface area contributed by atoms with Crippen LogP contribution in [0.1, 0.15) is 0 Å². The molecule has 0 saturated heterocycles. The number of rotatable bonds is 2. The average molecular weight is 238 g/mol. The molecule has 0 aliphatic rings. The monoisotopic (exact) mass is 237 g/mol. The summed E-state index contributed by atoms with van der Waals surface area (Å²) in [6.07, 6.45) is 0. The third-order valence-electron chi connectivity index (χ3n) is 1.47. The van der Waals surface area contributed by atoms with Gasteiger partial charge in [-0.05, 0) is 17.7 Å². The van der Waals surface area contributed by atoms with E-state index in [0.29, 0.717) is 0 Å². The fraction of sp³-hybridized carbons (Fsp3) is 0.125. The highest BCUT2D eigenvalue weighted by Gasteiger charge is 2.10. The van der Waals surface area contributed by atoms with Gasteiger partial charge >= 0.3 is 5.37 Å². The molecule has 0 atom stereocenters. The third-order valence-corrected chi connectivity index (χ3v) is 1.86. The Bertz CT molecular complexity index is 371. The standard InChI is InChI=1S/C8H6Cl2FNO2/c1-14-7-3-6(12-8(10)13)5(11)2-4(7)9/h2-3H,1H3,(H,12,13). The summed E-state index contributed by atoms with van der Waals surface area (Å²) in [5.74, 6) is -0.418. The Kier molecular flexibility index (Phi) is 3.55. The molecule has 0 fully saturated rings. The second kappa shape index (κ2) is 4.48. The van der Waals surface area contributed by atoms with E-state index in [-0.39, 0.29) is 16.5 Å². The Labute approximate surface area is 89.8 Å². The first-order valence-corrected chi connectivity index (χ1v) is 4.29. The number of amides is 1. The van der Waals surface area contributed by atoms with Crippen molar-refractivity contribution < 1.29 is 13.9 Å². The van der Waals surface area contributed by atoms with E-state index in [1.165, 1.54) is 13.2 Å². The minimum absolute atomic E-state index is 0.0775. The summed E-state index contributed by atoms with van der Waals surface area (Å²) in [5.41, 5.74) is -0.0775. The molecule has 0 saturated carbocycles. The van der Waals surface area contributed by atoms with Crippen molar-refractivity contribution in [3.05, 3.63) is 23.0 Å². The van der Waals surface area contributed by atoms with E-state index in [2.05, 4.69) is 5.32 Å². The summed E-state index contributed by atoms with van der Waals surface area (Å²) in [5, 5.41) is 1.33. The normalized spacial score (nSPS) is 9.71. The van der Waals surface area contributed by atoms with Crippen molar-refractivity contribution in [1.29, 1.82) is 0 Å². The molecule has 76 valence electrons. The number of methoxy groups -OCH3 is 1. The molecule has 0 aromatic heterocycles. The summed E-state index contributed by atoms with van der Waals surface area (Å²) < 4.78 is 17.9. The van der Waals surface area contributed by atoms with Gasteiger partial charge in [0.05, 0.1) is 17.8 Å². The van der Waals surface area contributed by atoms with Crippen LogP contribution in [0.5, 0.6) is 5.75 Å². The maximum atomic E-state index is 13.1. The number of benzene rings is 1. The fourth-order valence-corrected chi connectivity index (χ4v) is 1.22. The van der Waals surface area contributed by atoms with Crippen LogP contribution in [-0.4, -0.2) is 12.5 Å². The van der Waals surface area contributed by atoms with Gasteiger partial charge in [-0.3, -0.25) is 4.79 Å². The van der Waals surface area contributed by atoms with Crippen LogP contribution in [0.15, 0.2) is 12.1 Å². The highest BCUT2D eigenvalue weighted by Crippen LogP contribution is 2.30. The van der Waals surface area contributed by atoms with Crippen molar-refractivity contribution >= 4 is 34.3 Å². The molecule has 0 unspecified atom stereocenters. The summed E-state index contributed by atoms with van der Waals surface area (Å²) in [7, 11) is 1.38. The van der Waals surface area contributed by atoms with Gasteiger partial charge in [0.25, 0.3) is 0 Å². The second-order valence-corrected chi connectivity index (χ2v) is 3.12. The molecule has 3 nitrogen and oxygen atoms in total. The topological polar surface area (TPSA) is 38.3 Å². The van der Waals surface area contributed by atoms with E-state index < -0.39 is 11.2 Å². The molecule has 0 radical (unpaired) electrons. The molecule has 0 heterocycles. The number of hydrogen-bond donors (Lipinski definition) is 1. The number of nitrogens with one attached hydrogen (secondary N) is 1. The zero-order valence-corrected chi connectivity index (χ0v) is 8.62. The van der Waals surface area contributed by atoms with E-state index in [0.717, 1.165) is 6.07 Å². The molecule has 0 spiro atoms. The first-order valence-electron chi connectivity index (χ1n) is 3.54. The van der Waals surface area contributed by atoms with Crippen LogP contribution in [0.4, 0.5) is 14.9 Å². The van der Waals surface area contributed by atoms with Crippen LogP contribution in [-0.2, 0) is 0 Å². The molecule has 0 aliphatic heterocycles. The van der Waals surface area contributed by atoms with Crippen LogP contribution >= 0.6 is 23.2 Å². The lowest BCUT2D eigenvalue weighted by Crippen LogP contribution is -2.03. The molecule has 14 heavy (non-hydrogen) atoms. The molecule has 0 aliphatic carbocycles. The lowest BCUT2D eigenvalue weighted by atomic mass is 10.3. The number of carbonyl (C=O) groups is 1. The largest absolute Gasteiger partial charge is 0.495 e. The lowest BCUT2D eigenvalue weighted by Gasteiger charge is -2.07. The van der Waals surface area contributed by atoms with Gasteiger partial charge in [0.2, 0.25) is 0 Å². The second-order valence-electron chi connectivity index (χ2n) is 2.37. The lowest BCUT2D eigenvalue weighted by molar-refractivity contribution is 0.269. The zero-order chi connectivity index (χ0) is 10.7. The Balaban J connectivity index is 3.10. The predicted molar refractivity (Wildman–Crippen MR) is 52.8 cm³/mol. The highest BCUT2D eigenvalue weighted by atomic mass is 35.5. The maximum absolute atomic E-state index is 13.1. The van der Waals surface area contributed by atoms with Gasteiger partial charge < -0.3 is 10.1 Å². The van der Waals surface area contributed by atoms with Crippen LogP contribution in [0, 0.1) is 5.82 Å². The number of carbonyl (C=O) groups excluding carboxylic acids is 1. The summed E-state index contributed by atoms with van der Waals surface area (Å²) in [4.78, 5) is 10.5. The maximum Gasteiger partial charge on any atom is 0.318 e. The van der Waals surface area contributed by atoms with Gasteiger partial charge in [-0.1, -0.05) is 11.6 Å². The van der Waals surface area contributed by atoms with Gasteiger partial charge in [0.1, 0.15) is 11.6 Å². The van der Waals surface area contributed by atoms with E-state index >= 15 is 0 Å². The summed E-state index contributed by atoms with van der Waals surface area (Å²) in [6.45, 7) is 0. The van der Waals surface area contributed by atoms with E-state index in [9.17, 15) is 9.18 Å². The van der Waals surface area contributed by atoms with Crippen LogP contribution in [0.25, 0.3) is 0 Å². The van der Waals surface area contributed by atoms with Gasteiger partial charge in [-0.15, -0.1) is 0 Å². The minimum atomic E-state index is -0.881. The van der Waals surface area contributed by atoms with Crippen LogP contribution < -0.4 is 10.1 Å². The van der Waals surface area contributed by atoms with Gasteiger partial charge in [0, 0.05) is 6.07 Å². The first-order chi connectivity index (χ1) is 6.54. The fourth-order valence-electron chi connectivity index (χ4n) is 0.887. The SMILES string of the molecule is COc1cc(NC(=O)Cl)c(F)cc1Cl. The van der Waals surface area contributed by atoms with Crippen molar-refractivity contribution in [3.8, 4) is 5.75 Å². The molecule has 1 aromatic carbocycles. The molecule has 1 N–H and O–H groups in total. The van der Waals surface area contributed by atoms with Gasteiger partial charge in [0.15, 0.2) is 0 Å². The number of halogens is 3. The molecule has 1 amide bonds. The molecule has 0 bridgehead atoms. The molecular weight excluding hydrogens is 232 g/mol. The molecular formula is C8H6Cl2FNO2. The van der Waals surface area contributed by atoms with Crippen molar-refractivity contribution in [3.63, 3.8) is 0 Å². The quantitative estimate of drug-likeness (QED) is 0.634. The van der Waals surface area contributed by atoms with Crippen LogP contribution in [0.2, 0.25) is 5.02 Å². The van der Waals surface area contributed by atoms with E-state index in [4.69, 9.17) is 27.9 Å². The van der Waals surface area contributed by atoms with E-state index in [1.54, 1.807) is 0 Å². The predicted octanol–water partition coefficient (Wildman–Crippen LogP) is 3.26. The Morgan fingerprint density at radius 3 is 2.71 bits per heavy atom. The Morgan fingerprint density at radius 2 is 2.21 bits per heavy atom. The number of ether oxygens (including phenoxy) is 1. The van der Waals surface area contributed by atoms with Crippen molar-refractivity contribution in [2.75, 3.05) is 12.4 Å². The Hall–Kier alpha value is -1.00. The highest BCUT2D eigenvalue weighted by molar-refractivity contribution is 6.65. The summed E-state index contributed by atoms with van der Waals surface area (Å²) in [6, 6.07) is 2.28. The first kappa shape index (κ1) is 11.1. The molecule has 1 rings (SSSR count). The van der Waals surface area contributed by atoms with Crippen molar-refractivity contribution in [2.24, 2.45) is 0 Å². The summed E-state index contributed by atoms with van der Waals surface area (Å²) >= 11 is 10.7. The van der Waals surface area contributed by atoms with Crippen LogP contribution in [0.3, 0.4) is 0 Å². The van der Waals surface area contributed by atoms with Gasteiger partial charge in [-0.2, -0.15) is 0 Å². The van der Waals surface area contributed by atoms with Crippen molar-refractivity contribution in [1.82, 2.24) is 0 Å². The number of hydrogen-bond acceptors (Lipinski definition) is 2. The molecule has 6 heteroatoms. The van der Waals surface area contributed by atoms with Crippen molar-refractivity contribution in [2.45, 2.75) is 0 Å². The Morgan fingerprint density at radius 1 is 1.57 bits per heavy atom. The molecule has 1 aromatic rings. The minimum Gasteiger partial charge on any atom is -0.495 e. The number of anilines is 1.